The Labute approximate surface area is 212 Å². The third-order valence-electron chi connectivity index (χ3n) is 6.42. The molecule has 0 saturated heterocycles. The molecule has 1 N–H and O–H groups in total. The van der Waals surface area contributed by atoms with Crippen molar-refractivity contribution in [1.29, 1.82) is 0 Å². The van der Waals surface area contributed by atoms with Crippen molar-refractivity contribution >= 4 is 35.0 Å². The number of nitrogens with zero attached hydrogens (tertiary/aromatic N) is 1. The van der Waals surface area contributed by atoms with Crippen LogP contribution < -0.4 is 10.1 Å². The van der Waals surface area contributed by atoms with E-state index in [1.165, 1.54) is 6.42 Å². The number of benzene rings is 2. The topological polar surface area (TPSA) is 58.6 Å². The highest BCUT2D eigenvalue weighted by atomic mass is 35.5. The first kappa shape index (κ1) is 26.4. The molecule has 7 heteroatoms. The second kappa shape index (κ2) is 12.5. The zero-order valence-electron chi connectivity index (χ0n) is 20.2. The molecule has 1 fully saturated rings. The lowest BCUT2D eigenvalue weighted by molar-refractivity contribution is -0.143. The Morgan fingerprint density at radius 1 is 1.09 bits per heavy atom. The van der Waals surface area contributed by atoms with Gasteiger partial charge in [-0.2, -0.15) is 0 Å². The van der Waals surface area contributed by atoms with Crippen molar-refractivity contribution in [2.45, 2.75) is 77.9 Å². The predicted molar refractivity (Wildman–Crippen MR) is 138 cm³/mol. The minimum absolute atomic E-state index is 0.129. The standard InChI is InChI=1S/C27H34Cl2N2O3/c1-4-24(27(33)30-20-9-6-5-7-10-20)31(16-21-22(28)11-8-12-23(21)29)26(32)17-34-25-15-18(2)13-14-19(25)3/h8,11-15,20,24H,4-7,9-10,16-17H2,1-3H3,(H,30,33). The van der Waals surface area contributed by atoms with Crippen molar-refractivity contribution in [3.05, 3.63) is 63.1 Å². The molecule has 3 rings (SSSR count). The third-order valence-corrected chi connectivity index (χ3v) is 7.13. The van der Waals surface area contributed by atoms with Gasteiger partial charge in [0, 0.05) is 28.2 Å². The highest BCUT2D eigenvalue weighted by molar-refractivity contribution is 6.36. The molecule has 0 aliphatic heterocycles. The summed E-state index contributed by atoms with van der Waals surface area (Å²) in [7, 11) is 0. The van der Waals surface area contributed by atoms with E-state index >= 15 is 0 Å². The number of hydrogen-bond donors (Lipinski definition) is 1. The number of amides is 2. The van der Waals surface area contributed by atoms with Gasteiger partial charge in [0.25, 0.3) is 5.91 Å². The summed E-state index contributed by atoms with van der Waals surface area (Å²) in [5, 5.41) is 4.09. The SMILES string of the molecule is CCC(C(=O)NC1CCCCC1)N(Cc1c(Cl)cccc1Cl)C(=O)COc1cc(C)ccc1C. The molecule has 1 aliphatic rings. The summed E-state index contributed by atoms with van der Waals surface area (Å²) in [4.78, 5) is 28.3. The molecular weight excluding hydrogens is 471 g/mol. The number of aryl methyl sites for hydroxylation is 2. The molecule has 0 bridgehead atoms. The molecule has 184 valence electrons. The van der Waals surface area contributed by atoms with Gasteiger partial charge in [-0.25, -0.2) is 0 Å². The molecule has 1 atom stereocenters. The first-order chi connectivity index (χ1) is 16.3. The van der Waals surface area contributed by atoms with Crippen LogP contribution in [0.1, 0.15) is 62.1 Å². The molecule has 2 aromatic rings. The number of rotatable bonds is 9. The summed E-state index contributed by atoms with van der Waals surface area (Å²) in [5.41, 5.74) is 2.61. The van der Waals surface area contributed by atoms with Gasteiger partial charge in [0.15, 0.2) is 6.61 Å². The minimum atomic E-state index is -0.649. The zero-order valence-corrected chi connectivity index (χ0v) is 21.7. The fraction of sp³-hybridized carbons (Fsp3) is 0.481. The molecule has 1 unspecified atom stereocenters. The number of hydrogen-bond acceptors (Lipinski definition) is 3. The molecule has 1 saturated carbocycles. The van der Waals surface area contributed by atoms with Crippen LogP contribution in [0.25, 0.3) is 0 Å². The van der Waals surface area contributed by atoms with Crippen molar-refractivity contribution in [2.75, 3.05) is 6.61 Å². The highest BCUT2D eigenvalue weighted by Crippen LogP contribution is 2.28. The van der Waals surface area contributed by atoms with Crippen LogP contribution in [0.4, 0.5) is 0 Å². The lowest BCUT2D eigenvalue weighted by Gasteiger charge is -2.33. The van der Waals surface area contributed by atoms with Crippen LogP contribution in [0.15, 0.2) is 36.4 Å². The smallest absolute Gasteiger partial charge is 0.261 e. The van der Waals surface area contributed by atoms with Gasteiger partial charge in [-0.05, 0) is 62.4 Å². The highest BCUT2D eigenvalue weighted by Gasteiger charge is 2.31. The maximum Gasteiger partial charge on any atom is 0.261 e. The molecule has 2 aromatic carbocycles. The Hall–Kier alpha value is -2.24. The number of carbonyl (C=O) groups is 2. The van der Waals surface area contributed by atoms with Gasteiger partial charge in [0.1, 0.15) is 11.8 Å². The number of ether oxygens (including phenoxy) is 1. The van der Waals surface area contributed by atoms with Gasteiger partial charge in [0.2, 0.25) is 5.91 Å². The molecule has 5 nitrogen and oxygen atoms in total. The fourth-order valence-corrected chi connectivity index (χ4v) is 4.92. The Bertz CT molecular complexity index is 985. The quantitative estimate of drug-likeness (QED) is 0.439. The van der Waals surface area contributed by atoms with Crippen molar-refractivity contribution < 1.29 is 14.3 Å². The Balaban J connectivity index is 1.83. The van der Waals surface area contributed by atoms with Crippen molar-refractivity contribution in [1.82, 2.24) is 10.2 Å². The second-order valence-corrected chi connectivity index (χ2v) is 9.86. The molecular formula is C27H34Cl2N2O3. The second-order valence-electron chi connectivity index (χ2n) is 9.05. The van der Waals surface area contributed by atoms with Crippen LogP contribution in [0.3, 0.4) is 0 Å². The lowest BCUT2D eigenvalue weighted by atomic mass is 9.95. The summed E-state index contributed by atoms with van der Waals surface area (Å²) < 4.78 is 5.89. The Morgan fingerprint density at radius 3 is 2.41 bits per heavy atom. The van der Waals surface area contributed by atoms with Crippen LogP contribution in [-0.4, -0.2) is 35.4 Å². The van der Waals surface area contributed by atoms with Gasteiger partial charge in [-0.3, -0.25) is 9.59 Å². The van der Waals surface area contributed by atoms with Gasteiger partial charge >= 0.3 is 0 Å². The Morgan fingerprint density at radius 2 is 1.76 bits per heavy atom. The van der Waals surface area contributed by atoms with Crippen LogP contribution in [0.2, 0.25) is 10.0 Å². The van der Waals surface area contributed by atoms with E-state index in [1.54, 1.807) is 23.1 Å². The largest absolute Gasteiger partial charge is 0.483 e. The van der Waals surface area contributed by atoms with Crippen LogP contribution in [0, 0.1) is 13.8 Å². The Kier molecular flexibility index (Phi) is 9.66. The van der Waals surface area contributed by atoms with Gasteiger partial charge in [0.05, 0.1) is 0 Å². The van der Waals surface area contributed by atoms with Crippen molar-refractivity contribution in [3.63, 3.8) is 0 Å². The van der Waals surface area contributed by atoms with Crippen LogP contribution in [0.5, 0.6) is 5.75 Å². The monoisotopic (exact) mass is 504 g/mol. The van der Waals surface area contributed by atoms with E-state index in [2.05, 4.69) is 5.32 Å². The summed E-state index contributed by atoms with van der Waals surface area (Å²) in [6.07, 6.45) is 5.85. The third kappa shape index (κ3) is 6.89. The lowest BCUT2D eigenvalue weighted by Crippen LogP contribution is -2.52. The summed E-state index contributed by atoms with van der Waals surface area (Å²) >= 11 is 12.8. The van der Waals surface area contributed by atoms with E-state index in [-0.39, 0.29) is 31.0 Å². The maximum atomic E-state index is 13.5. The molecule has 34 heavy (non-hydrogen) atoms. The average Bonchev–Trinajstić information content (AvgIpc) is 2.81. The van der Waals surface area contributed by atoms with Crippen molar-refractivity contribution in [3.8, 4) is 5.75 Å². The van der Waals surface area contributed by atoms with Gasteiger partial charge in [-0.1, -0.05) is 67.6 Å². The maximum absolute atomic E-state index is 13.5. The normalized spacial score (nSPS) is 15.0. The fourth-order valence-electron chi connectivity index (χ4n) is 4.40. The van der Waals surface area contributed by atoms with E-state index in [0.717, 1.165) is 36.8 Å². The van der Waals surface area contributed by atoms with E-state index in [1.807, 2.05) is 39.0 Å². The zero-order chi connectivity index (χ0) is 24.7. The van der Waals surface area contributed by atoms with E-state index < -0.39 is 6.04 Å². The molecule has 0 spiro atoms. The first-order valence-corrected chi connectivity index (χ1v) is 12.8. The molecule has 0 heterocycles. The average molecular weight is 505 g/mol. The van der Waals surface area contributed by atoms with Crippen LogP contribution in [-0.2, 0) is 16.1 Å². The molecule has 0 aromatic heterocycles. The van der Waals surface area contributed by atoms with Gasteiger partial charge in [-0.15, -0.1) is 0 Å². The van der Waals surface area contributed by atoms with Crippen molar-refractivity contribution in [2.24, 2.45) is 0 Å². The number of nitrogens with one attached hydrogen (secondary N) is 1. The van der Waals surface area contributed by atoms with E-state index in [0.29, 0.717) is 27.8 Å². The van der Waals surface area contributed by atoms with E-state index in [9.17, 15) is 9.59 Å². The van der Waals surface area contributed by atoms with Gasteiger partial charge < -0.3 is 15.0 Å². The van der Waals surface area contributed by atoms with E-state index in [4.69, 9.17) is 27.9 Å². The first-order valence-electron chi connectivity index (χ1n) is 12.0. The summed E-state index contributed by atoms with van der Waals surface area (Å²) in [6.45, 7) is 5.77. The summed E-state index contributed by atoms with van der Waals surface area (Å²) in [6, 6.07) is 10.6. The molecule has 2 amide bonds. The number of halogens is 2. The minimum Gasteiger partial charge on any atom is -0.483 e. The molecule has 0 radical (unpaired) electrons. The predicted octanol–water partition coefficient (Wildman–Crippen LogP) is 6.25. The summed E-state index contributed by atoms with van der Waals surface area (Å²) in [5.74, 6) is 0.226. The number of carbonyl (C=O) groups excluding carboxylic acids is 2. The molecule has 1 aliphatic carbocycles. The van der Waals surface area contributed by atoms with Crippen LogP contribution >= 0.6 is 23.2 Å².